The zero-order valence-electron chi connectivity index (χ0n) is 15.8. The zero-order valence-corrected chi connectivity index (χ0v) is 15.8. The molecular formula is C22H19F3N2O2. The van der Waals surface area contributed by atoms with E-state index >= 15 is 0 Å². The topological polar surface area (TPSA) is 62.0 Å². The van der Waals surface area contributed by atoms with E-state index in [0.717, 1.165) is 22.3 Å². The lowest BCUT2D eigenvalue weighted by Gasteiger charge is -2.20. The third-order valence-electron chi connectivity index (χ3n) is 4.57. The lowest BCUT2D eigenvalue weighted by Crippen LogP contribution is -2.33. The van der Waals surface area contributed by atoms with Crippen LogP contribution in [0.1, 0.15) is 44.2 Å². The maximum Gasteiger partial charge on any atom is 0.417 e. The minimum atomic E-state index is -4.67. The van der Waals surface area contributed by atoms with Crippen LogP contribution in [-0.2, 0) is 6.18 Å². The fourth-order valence-electron chi connectivity index (χ4n) is 2.90. The van der Waals surface area contributed by atoms with Crippen LogP contribution in [0.5, 0.6) is 0 Å². The molecule has 0 atom stereocenters. The number of carbonyl (C=O) groups excluding carboxylic acids is 1. The molecule has 1 heterocycles. The number of alkyl halides is 3. The Hall–Kier alpha value is -3.35. The lowest BCUT2D eigenvalue weighted by atomic mass is 9.96. The Balaban J connectivity index is 2.00. The van der Waals surface area contributed by atoms with Gasteiger partial charge in [0, 0.05) is 6.20 Å². The first-order valence-corrected chi connectivity index (χ1v) is 8.89. The van der Waals surface area contributed by atoms with E-state index in [4.69, 9.17) is 0 Å². The molecular weight excluding hydrogens is 381 g/mol. The fraction of sp³-hybridized carbons (Fsp3) is 0.182. The van der Waals surface area contributed by atoms with E-state index in [1.165, 1.54) is 0 Å². The number of H-pyrrole nitrogens is 1. The van der Waals surface area contributed by atoms with E-state index in [1.807, 2.05) is 67.4 Å². The molecule has 0 unspecified atom stereocenters. The predicted octanol–water partition coefficient (Wildman–Crippen LogP) is 4.53. The summed E-state index contributed by atoms with van der Waals surface area (Å²) in [6.07, 6.45) is -4.12. The summed E-state index contributed by atoms with van der Waals surface area (Å²) in [6.45, 7) is 3.84. The molecule has 0 bridgehead atoms. The summed E-state index contributed by atoms with van der Waals surface area (Å²) in [4.78, 5) is 26.7. The number of hydrogen-bond donors (Lipinski definition) is 2. The van der Waals surface area contributed by atoms with Crippen molar-refractivity contribution < 1.29 is 18.0 Å². The molecule has 1 amide bonds. The van der Waals surface area contributed by atoms with Crippen molar-refractivity contribution in [2.75, 3.05) is 0 Å². The Morgan fingerprint density at radius 3 is 1.86 bits per heavy atom. The van der Waals surface area contributed by atoms with Gasteiger partial charge in [0.25, 0.3) is 11.5 Å². The molecule has 150 valence electrons. The minimum absolute atomic E-state index is 0.552. The van der Waals surface area contributed by atoms with Crippen molar-refractivity contribution in [2.24, 2.45) is 0 Å². The molecule has 29 heavy (non-hydrogen) atoms. The molecule has 0 aliphatic carbocycles. The highest BCUT2D eigenvalue weighted by Gasteiger charge is 2.32. The van der Waals surface area contributed by atoms with Crippen LogP contribution in [-0.4, -0.2) is 10.9 Å². The summed E-state index contributed by atoms with van der Waals surface area (Å²) in [5, 5.41) is 2.70. The lowest BCUT2D eigenvalue weighted by molar-refractivity contribution is -0.137. The number of amides is 1. The van der Waals surface area contributed by atoms with E-state index in [0.29, 0.717) is 12.3 Å². The Kier molecular flexibility index (Phi) is 5.59. The number of aromatic amines is 1. The van der Waals surface area contributed by atoms with Gasteiger partial charge in [-0.15, -0.1) is 0 Å². The second kappa shape index (κ2) is 7.95. The molecule has 0 radical (unpaired) electrons. The smallest absolute Gasteiger partial charge is 0.341 e. The van der Waals surface area contributed by atoms with Crippen molar-refractivity contribution in [1.29, 1.82) is 0 Å². The highest BCUT2D eigenvalue weighted by Crippen LogP contribution is 2.29. The molecule has 0 fully saturated rings. The molecule has 0 saturated heterocycles. The number of aromatic nitrogens is 1. The first-order chi connectivity index (χ1) is 13.6. The van der Waals surface area contributed by atoms with Crippen molar-refractivity contribution in [2.45, 2.75) is 26.1 Å². The van der Waals surface area contributed by atoms with Gasteiger partial charge in [0.15, 0.2) is 0 Å². The van der Waals surface area contributed by atoms with Crippen molar-refractivity contribution in [3.05, 3.63) is 105 Å². The van der Waals surface area contributed by atoms with Gasteiger partial charge in [0.1, 0.15) is 5.56 Å². The molecule has 7 heteroatoms. The number of pyridine rings is 1. The summed E-state index contributed by atoms with van der Waals surface area (Å²) in [5.41, 5.74) is 0.970. The average molecular weight is 400 g/mol. The molecule has 3 aromatic rings. The number of halogens is 3. The fourth-order valence-corrected chi connectivity index (χ4v) is 2.90. The first-order valence-electron chi connectivity index (χ1n) is 8.89. The first kappa shape index (κ1) is 20.4. The van der Waals surface area contributed by atoms with Crippen LogP contribution in [0.3, 0.4) is 0 Å². The van der Waals surface area contributed by atoms with Gasteiger partial charge in [-0.2, -0.15) is 13.2 Å². The van der Waals surface area contributed by atoms with Gasteiger partial charge in [-0.25, -0.2) is 0 Å². The SMILES string of the molecule is Cc1ccc(C(NC(=O)c2cc(C(F)(F)F)c[nH]c2=O)c2ccc(C)cc2)cc1. The van der Waals surface area contributed by atoms with Gasteiger partial charge >= 0.3 is 6.18 Å². The van der Waals surface area contributed by atoms with E-state index in [-0.39, 0.29) is 0 Å². The number of benzene rings is 2. The van der Waals surface area contributed by atoms with Crippen LogP contribution in [0.25, 0.3) is 0 Å². The zero-order chi connectivity index (χ0) is 21.2. The Morgan fingerprint density at radius 2 is 1.41 bits per heavy atom. The summed E-state index contributed by atoms with van der Waals surface area (Å²) < 4.78 is 38.9. The normalized spacial score (nSPS) is 11.5. The summed E-state index contributed by atoms with van der Waals surface area (Å²) in [7, 11) is 0. The largest absolute Gasteiger partial charge is 0.417 e. The molecule has 2 aromatic carbocycles. The van der Waals surface area contributed by atoms with E-state index in [9.17, 15) is 22.8 Å². The number of hydrogen-bond acceptors (Lipinski definition) is 2. The highest BCUT2D eigenvalue weighted by atomic mass is 19.4. The van der Waals surface area contributed by atoms with Crippen molar-refractivity contribution in [3.8, 4) is 0 Å². The van der Waals surface area contributed by atoms with Crippen molar-refractivity contribution in [3.63, 3.8) is 0 Å². The monoisotopic (exact) mass is 400 g/mol. The molecule has 1 aromatic heterocycles. The Morgan fingerprint density at radius 1 is 0.931 bits per heavy atom. The maximum absolute atomic E-state index is 13.0. The second-order valence-electron chi connectivity index (χ2n) is 6.86. The van der Waals surface area contributed by atoms with Crippen LogP contribution in [0.2, 0.25) is 0 Å². The molecule has 0 aliphatic heterocycles. The maximum atomic E-state index is 13.0. The third-order valence-corrected chi connectivity index (χ3v) is 4.57. The van der Waals surface area contributed by atoms with Gasteiger partial charge in [-0.1, -0.05) is 59.7 Å². The quantitative estimate of drug-likeness (QED) is 0.676. The number of carbonyl (C=O) groups is 1. The summed E-state index contributed by atoms with van der Waals surface area (Å²) in [5.74, 6) is -0.886. The molecule has 3 rings (SSSR count). The Bertz CT molecular complexity index is 1020. The summed E-state index contributed by atoms with van der Waals surface area (Å²) >= 11 is 0. The van der Waals surface area contributed by atoms with Crippen molar-refractivity contribution in [1.82, 2.24) is 10.3 Å². The number of nitrogens with one attached hydrogen (secondary N) is 2. The van der Waals surface area contributed by atoms with Gasteiger partial charge < -0.3 is 10.3 Å². The highest BCUT2D eigenvalue weighted by molar-refractivity contribution is 5.94. The van der Waals surface area contributed by atoms with Gasteiger partial charge in [0.05, 0.1) is 11.6 Å². The predicted molar refractivity (Wildman–Crippen MR) is 104 cm³/mol. The number of aryl methyl sites for hydroxylation is 2. The third kappa shape index (κ3) is 4.74. The molecule has 4 nitrogen and oxygen atoms in total. The molecule has 0 aliphatic rings. The minimum Gasteiger partial charge on any atom is -0.341 e. The van der Waals surface area contributed by atoms with E-state index in [2.05, 4.69) is 5.32 Å². The van der Waals surface area contributed by atoms with Crippen LogP contribution < -0.4 is 10.9 Å². The second-order valence-corrected chi connectivity index (χ2v) is 6.86. The van der Waals surface area contributed by atoms with E-state index in [1.54, 1.807) is 0 Å². The molecule has 0 spiro atoms. The van der Waals surface area contributed by atoms with Gasteiger partial charge in [0.2, 0.25) is 0 Å². The van der Waals surface area contributed by atoms with Crippen LogP contribution in [0.4, 0.5) is 13.2 Å². The van der Waals surface area contributed by atoms with Crippen LogP contribution in [0.15, 0.2) is 65.6 Å². The van der Waals surface area contributed by atoms with Crippen LogP contribution in [0, 0.1) is 13.8 Å². The number of rotatable bonds is 4. The van der Waals surface area contributed by atoms with Crippen molar-refractivity contribution >= 4 is 5.91 Å². The van der Waals surface area contributed by atoms with E-state index < -0.39 is 34.8 Å². The van der Waals surface area contributed by atoms with Gasteiger partial charge in [-0.05, 0) is 31.0 Å². The van der Waals surface area contributed by atoms with Crippen LogP contribution >= 0.6 is 0 Å². The average Bonchev–Trinajstić information content (AvgIpc) is 2.67. The Labute approximate surface area is 165 Å². The molecule has 2 N–H and O–H groups in total. The van der Waals surface area contributed by atoms with Gasteiger partial charge in [-0.3, -0.25) is 9.59 Å². The molecule has 0 saturated carbocycles. The summed E-state index contributed by atoms with van der Waals surface area (Å²) in [6, 6.07) is 14.8. The standard InChI is InChI=1S/C22H19F3N2O2/c1-13-3-7-15(8-4-13)19(16-9-5-14(2)6-10-16)27-21(29)18-11-17(22(23,24)25)12-26-20(18)28/h3-12,19H,1-2H3,(H,26,28)(H,27,29).